The van der Waals surface area contributed by atoms with Gasteiger partial charge < -0.3 is 20.1 Å². The third-order valence-corrected chi connectivity index (χ3v) is 5.33. The molecule has 2 heterocycles. The highest BCUT2D eigenvalue weighted by molar-refractivity contribution is 7.17. The van der Waals surface area contributed by atoms with Crippen LogP contribution in [0.1, 0.15) is 23.5 Å². The van der Waals surface area contributed by atoms with Gasteiger partial charge in [-0.1, -0.05) is 13.8 Å². The zero-order valence-corrected chi connectivity index (χ0v) is 15.7. The van der Waals surface area contributed by atoms with Gasteiger partial charge >= 0.3 is 0 Å². The number of nitrogens with two attached hydrogens (primary N) is 1. The average molecular weight is 360 g/mol. The molecule has 134 valence electrons. The monoisotopic (exact) mass is 360 g/mol. The Hall–Kier alpha value is -2.05. The topological polar surface area (TPSA) is 64.8 Å². The molecule has 0 atom stereocenters. The van der Waals surface area contributed by atoms with E-state index in [0.29, 0.717) is 26.3 Å². The van der Waals surface area contributed by atoms with Crippen molar-refractivity contribution in [1.82, 2.24) is 4.90 Å². The Morgan fingerprint density at radius 2 is 1.92 bits per heavy atom. The molecule has 0 fully saturated rings. The molecule has 1 amide bonds. The summed E-state index contributed by atoms with van der Waals surface area (Å²) >= 11 is 1.49. The van der Waals surface area contributed by atoms with Gasteiger partial charge in [0.25, 0.3) is 5.91 Å². The lowest BCUT2D eigenvalue weighted by molar-refractivity contribution is 0.0745. The van der Waals surface area contributed by atoms with Gasteiger partial charge in [0.05, 0.1) is 4.88 Å². The minimum absolute atomic E-state index is 0.0234. The van der Waals surface area contributed by atoms with Crippen LogP contribution >= 0.6 is 11.3 Å². The van der Waals surface area contributed by atoms with Crippen molar-refractivity contribution in [2.45, 2.75) is 13.8 Å². The van der Waals surface area contributed by atoms with Crippen molar-refractivity contribution in [2.75, 3.05) is 33.4 Å². The first-order chi connectivity index (χ1) is 11.9. The van der Waals surface area contributed by atoms with Crippen molar-refractivity contribution in [1.29, 1.82) is 0 Å². The van der Waals surface area contributed by atoms with E-state index in [2.05, 4.69) is 13.8 Å². The SMILES string of the molecule is CN(CC(C)(C)CN)C(=O)c1ccc(-c2ccc3c(c2)OCCO3)s1. The van der Waals surface area contributed by atoms with Gasteiger partial charge in [0.15, 0.2) is 11.5 Å². The lowest BCUT2D eigenvalue weighted by Gasteiger charge is -2.28. The van der Waals surface area contributed by atoms with E-state index in [1.165, 1.54) is 11.3 Å². The molecule has 5 nitrogen and oxygen atoms in total. The van der Waals surface area contributed by atoms with Crippen molar-refractivity contribution in [3.05, 3.63) is 35.2 Å². The highest BCUT2D eigenvalue weighted by atomic mass is 32.1. The fourth-order valence-electron chi connectivity index (χ4n) is 2.77. The van der Waals surface area contributed by atoms with Crippen LogP contribution in [0.25, 0.3) is 10.4 Å². The molecule has 1 aromatic heterocycles. The normalized spacial score (nSPS) is 13.6. The summed E-state index contributed by atoms with van der Waals surface area (Å²) in [6.45, 7) is 6.43. The van der Waals surface area contributed by atoms with Crippen molar-refractivity contribution >= 4 is 17.2 Å². The first kappa shape index (κ1) is 17.8. The van der Waals surface area contributed by atoms with Gasteiger partial charge in [-0.15, -0.1) is 11.3 Å². The Morgan fingerprint density at radius 3 is 2.64 bits per heavy atom. The van der Waals surface area contributed by atoms with Gasteiger partial charge in [0, 0.05) is 18.5 Å². The Balaban J connectivity index is 1.77. The van der Waals surface area contributed by atoms with E-state index in [1.807, 2.05) is 37.4 Å². The molecular weight excluding hydrogens is 336 g/mol. The van der Waals surface area contributed by atoms with Gasteiger partial charge in [-0.25, -0.2) is 0 Å². The van der Waals surface area contributed by atoms with Crippen LogP contribution in [0.2, 0.25) is 0 Å². The molecule has 2 aromatic rings. The van der Waals surface area contributed by atoms with E-state index in [0.717, 1.165) is 26.8 Å². The largest absolute Gasteiger partial charge is 0.486 e. The summed E-state index contributed by atoms with van der Waals surface area (Å²) in [6, 6.07) is 9.74. The summed E-state index contributed by atoms with van der Waals surface area (Å²) in [7, 11) is 1.82. The van der Waals surface area contributed by atoms with Gasteiger partial charge in [0.2, 0.25) is 0 Å². The molecule has 2 N–H and O–H groups in total. The van der Waals surface area contributed by atoms with Crippen molar-refractivity contribution in [3.8, 4) is 21.9 Å². The van der Waals surface area contributed by atoms with Gasteiger partial charge in [-0.3, -0.25) is 4.79 Å². The number of hydrogen-bond acceptors (Lipinski definition) is 5. The molecule has 0 saturated heterocycles. The number of thiophene rings is 1. The molecule has 1 aromatic carbocycles. The van der Waals surface area contributed by atoms with E-state index in [-0.39, 0.29) is 11.3 Å². The van der Waals surface area contributed by atoms with Crippen LogP contribution < -0.4 is 15.2 Å². The Morgan fingerprint density at radius 1 is 1.20 bits per heavy atom. The third kappa shape index (κ3) is 3.96. The predicted octanol–water partition coefficient (Wildman–Crippen LogP) is 3.24. The summed E-state index contributed by atoms with van der Waals surface area (Å²) in [6.07, 6.45) is 0. The van der Waals surface area contributed by atoms with E-state index in [9.17, 15) is 4.79 Å². The van der Waals surface area contributed by atoms with Crippen LogP contribution in [0.15, 0.2) is 30.3 Å². The van der Waals surface area contributed by atoms with Crippen LogP contribution in [0.4, 0.5) is 0 Å². The molecule has 0 saturated carbocycles. The summed E-state index contributed by atoms with van der Waals surface area (Å²) in [5.41, 5.74) is 6.70. The Labute approximate surface area is 152 Å². The number of ether oxygens (including phenoxy) is 2. The predicted molar refractivity (Wildman–Crippen MR) is 101 cm³/mol. The van der Waals surface area contributed by atoms with Gasteiger partial charge in [0.1, 0.15) is 13.2 Å². The van der Waals surface area contributed by atoms with E-state index >= 15 is 0 Å². The van der Waals surface area contributed by atoms with Crippen LogP contribution in [-0.2, 0) is 0 Å². The van der Waals surface area contributed by atoms with E-state index < -0.39 is 0 Å². The number of carbonyl (C=O) groups is 1. The minimum Gasteiger partial charge on any atom is -0.486 e. The molecular formula is C19H24N2O3S. The van der Waals surface area contributed by atoms with E-state index in [4.69, 9.17) is 15.2 Å². The Kier molecular flexibility index (Phi) is 5.01. The zero-order valence-electron chi connectivity index (χ0n) is 14.9. The van der Waals surface area contributed by atoms with E-state index in [1.54, 1.807) is 4.90 Å². The molecule has 25 heavy (non-hydrogen) atoms. The lowest BCUT2D eigenvalue weighted by Crippen LogP contribution is -2.39. The number of nitrogens with zero attached hydrogens (tertiary/aromatic N) is 1. The summed E-state index contributed by atoms with van der Waals surface area (Å²) < 4.78 is 11.2. The van der Waals surface area contributed by atoms with Crippen LogP contribution in [-0.4, -0.2) is 44.2 Å². The fourth-order valence-corrected chi connectivity index (χ4v) is 3.77. The highest BCUT2D eigenvalue weighted by Crippen LogP contribution is 2.37. The number of hydrogen-bond donors (Lipinski definition) is 1. The summed E-state index contributed by atoms with van der Waals surface area (Å²) in [5, 5.41) is 0. The second-order valence-corrected chi connectivity index (χ2v) is 8.14. The summed E-state index contributed by atoms with van der Waals surface area (Å²) in [5.74, 6) is 1.55. The summed E-state index contributed by atoms with van der Waals surface area (Å²) in [4.78, 5) is 16.2. The van der Waals surface area contributed by atoms with Gasteiger partial charge in [-0.2, -0.15) is 0 Å². The van der Waals surface area contributed by atoms with Crippen molar-refractivity contribution < 1.29 is 14.3 Å². The second kappa shape index (κ2) is 7.06. The number of amides is 1. The molecule has 0 aliphatic carbocycles. The number of rotatable bonds is 5. The number of benzene rings is 1. The second-order valence-electron chi connectivity index (χ2n) is 7.05. The number of carbonyl (C=O) groups excluding carboxylic acids is 1. The highest BCUT2D eigenvalue weighted by Gasteiger charge is 2.23. The zero-order chi connectivity index (χ0) is 18.0. The minimum atomic E-state index is -0.0969. The maximum absolute atomic E-state index is 12.7. The molecule has 1 aliphatic heterocycles. The molecule has 0 unspecified atom stereocenters. The molecule has 1 aliphatic rings. The Bertz CT molecular complexity index is 770. The maximum Gasteiger partial charge on any atom is 0.263 e. The molecule has 0 radical (unpaired) electrons. The number of fused-ring (bicyclic) bond motifs is 1. The smallest absolute Gasteiger partial charge is 0.263 e. The van der Waals surface area contributed by atoms with Gasteiger partial charge in [-0.05, 0) is 47.9 Å². The fraction of sp³-hybridized carbons (Fsp3) is 0.421. The van der Waals surface area contributed by atoms with Crippen LogP contribution in [0.3, 0.4) is 0 Å². The average Bonchev–Trinajstić information content (AvgIpc) is 3.10. The molecule has 3 rings (SSSR count). The third-order valence-electron chi connectivity index (χ3n) is 4.21. The molecule has 6 heteroatoms. The maximum atomic E-state index is 12.7. The molecule has 0 spiro atoms. The van der Waals surface area contributed by atoms with Crippen molar-refractivity contribution in [2.24, 2.45) is 11.1 Å². The molecule has 0 bridgehead atoms. The van der Waals surface area contributed by atoms with Crippen molar-refractivity contribution in [3.63, 3.8) is 0 Å². The first-order valence-electron chi connectivity index (χ1n) is 8.35. The van der Waals surface area contributed by atoms with Crippen LogP contribution in [0, 0.1) is 5.41 Å². The quantitative estimate of drug-likeness (QED) is 0.889. The lowest BCUT2D eigenvalue weighted by atomic mass is 9.93. The van der Waals surface area contributed by atoms with Crippen LogP contribution in [0.5, 0.6) is 11.5 Å². The first-order valence-corrected chi connectivity index (χ1v) is 9.17. The standard InChI is InChI=1S/C19H24N2O3S/c1-19(2,11-20)12-21(3)18(22)17-7-6-16(25-17)13-4-5-14-15(10-13)24-9-8-23-14/h4-7,10H,8-9,11-12,20H2,1-3H3.